The third kappa shape index (κ3) is 3.33. The quantitative estimate of drug-likeness (QED) is 0.800. The van der Waals surface area contributed by atoms with Crippen molar-refractivity contribution in [3.05, 3.63) is 29.6 Å². The normalized spacial score (nSPS) is 18.8. The minimum absolute atomic E-state index is 0.570. The molecule has 0 amide bonds. The van der Waals surface area contributed by atoms with E-state index in [0.29, 0.717) is 16.7 Å². The molecule has 1 aromatic carbocycles. The first-order valence-electron chi connectivity index (χ1n) is 6.96. The van der Waals surface area contributed by atoms with Crippen LogP contribution in [0.1, 0.15) is 11.4 Å². The van der Waals surface area contributed by atoms with Crippen molar-refractivity contribution in [1.29, 1.82) is 5.26 Å². The number of aromatic nitrogens is 2. The van der Waals surface area contributed by atoms with Gasteiger partial charge in [-0.3, -0.25) is 0 Å². The molecule has 3 rings (SSSR count). The second-order valence-electron chi connectivity index (χ2n) is 4.96. The Morgan fingerprint density at radius 2 is 2.33 bits per heavy atom. The van der Waals surface area contributed by atoms with Gasteiger partial charge in [0.2, 0.25) is 0 Å². The number of nitriles is 1. The monoisotopic (exact) mass is 337 g/mol. The number of imidazole rings is 1. The van der Waals surface area contributed by atoms with Crippen LogP contribution in [0.5, 0.6) is 0 Å². The molecule has 21 heavy (non-hydrogen) atoms. The van der Waals surface area contributed by atoms with Gasteiger partial charge < -0.3 is 4.57 Å². The van der Waals surface area contributed by atoms with Gasteiger partial charge in [0, 0.05) is 41.4 Å². The smallest absolute Gasteiger partial charge is 0.111 e. The van der Waals surface area contributed by atoms with E-state index in [1.54, 1.807) is 0 Å². The molecule has 0 saturated carbocycles. The minimum Gasteiger partial charge on any atom is -0.327 e. The zero-order valence-corrected chi connectivity index (χ0v) is 14.0. The van der Waals surface area contributed by atoms with Crippen LogP contribution in [-0.4, -0.2) is 37.9 Å². The van der Waals surface area contributed by atoms with Gasteiger partial charge in [-0.1, -0.05) is 0 Å². The first-order valence-corrected chi connectivity index (χ1v) is 9.70. The Labute approximate surface area is 138 Å². The molecule has 0 bridgehead atoms. The van der Waals surface area contributed by atoms with Crippen molar-refractivity contribution in [3.63, 3.8) is 0 Å². The fraction of sp³-hybridized carbons (Fsp3) is 0.467. The van der Waals surface area contributed by atoms with E-state index in [4.69, 9.17) is 21.8 Å². The van der Waals surface area contributed by atoms with Crippen LogP contribution >= 0.6 is 35.1 Å². The van der Waals surface area contributed by atoms with Crippen LogP contribution in [0.4, 0.5) is 0 Å². The summed E-state index contributed by atoms with van der Waals surface area (Å²) in [5, 5.41) is 9.72. The first-order chi connectivity index (χ1) is 10.3. The van der Waals surface area contributed by atoms with E-state index in [1.807, 2.05) is 41.7 Å². The Morgan fingerprint density at radius 1 is 1.43 bits per heavy atom. The zero-order chi connectivity index (χ0) is 14.7. The van der Waals surface area contributed by atoms with Gasteiger partial charge in [-0.2, -0.15) is 28.8 Å². The van der Waals surface area contributed by atoms with Gasteiger partial charge in [-0.05, 0) is 18.2 Å². The van der Waals surface area contributed by atoms with Crippen LogP contribution in [0.25, 0.3) is 11.0 Å². The number of hydrogen-bond acceptors (Lipinski definition) is 4. The highest BCUT2D eigenvalue weighted by atomic mass is 35.5. The summed E-state index contributed by atoms with van der Waals surface area (Å²) in [6.07, 6.45) is 0.767. The van der Waals surface area contributed by atoms with Crippen LogP contribution < -0.4 is 0 Å². The molecule has 0 aliphatic carbocycles. The molecule has 2 aromatic rings. The Bertz CT molecular complexity index is 671. The SMILES string of the molecule is N#Cc1ccc2nc(CCCl)n(CC3CSCCS3)c2c1. The highest BCUT2D eigenvalue weighted by Crippen LogP contribution is 2.27. The van der Waals surface area contributed by atoms with E-state index in [0.717, 1.165) is 29.8 Å². The standard InChI is InChI=1S/C15H16ClN3S2/c16-4-3-15-18-13-2-1-11(8-17)7-14(13)19(15)9-12-10-20-5-6-21-12/h1-2,7,12H,3-6,9-10H2. The number of aryl methyl sites for hydroxylation is 1. The van der Waals surface area contributed by atoms with Crippen molar-refractivity contribution in [2.75, 3.05) is 23.1 Å². The number of hydrogen-bond donors (Lipinski definition) is 0. The molecule has 1 aliphatic rings. The summed E-state index contributed by atoms with van der Waals surface area (Å²) in [6, 6.07) is 7.92. The lowest BCUT2D eigenvalue weighted by Crippen LogP contribution is -2.21. The van der Waals surface area contributed by atoms with Gasteiger partial charge >= 0.3 is 0 Å². The van der Waals surface area contributed by atoms with Gasteiger partial charge in [0.05, 0.1) is 22.7 Å². The average molecular weight is 338 g/mol. The highest BCUT2D eigenvalue weighted by Gasteiger charge is 2.19. The van der Waals surface area contributed by atoms with Gasteiger partial charge in [0.1, 0.15) is 5.82 Å². The molecule has 2 heterocycles. The van der Waals surface area contributed by atoms with Crippen LogP contribution in [0, 0.1) is 11.3 Å². The Balaban J connectivity index is 1.99. The maximum atomic E-state index is 9.11. The lowest BCUT2D eigenvalue weighted by atomic mass is 10.2. The van der Waals surface area contributed by atoms with Crippen molar-refractivity contribution >= 4 is 46.2 Å². The van der Waals surface area contributed by atoms with Crippen LogP contribution in [-0.2, 0) is 13.0 Å². The molecule has 1 unspecified atom stereocenters. The number of rotatable bonds is 4. The van der Waals surface area contributed by atoms with E-state index >= 15 is 0 Å². The van der Waals surface area contributed by atoms with E-state index in [1.165, 1.54) is 17.3 Å². The second kappa shape index (κ2) is 6.95. The number of thioether (sulfide) groups is 2. The summed E-state index contributed by atoms with van der Waals surface area (Å²) in [7, 11) is 0. The van der Waals surface area contributed by atoms with E-state index in [2.05, 4.69) is 10.6 Å². The van der Waals surface area contributed by atoms with Crippen molar-refractivity contribution in [1.82, 2.24) is 9.55 Å². The minimum atomic E-state index is 0.570. The van der Waals surface area contributed by atoms with Crippen LogP contribution in [0.2, 0.25) is 0 Å². The van der Waals surface area contributed by atoms with Crippen molar-refractivity contribution in [2.45, 2.75) is 18.2 Å². The first kappa shape index (κ1) is 15.1. The average Bonchev–Trinajstić information content (AvgIpc) is 2.86. The molecular formula is C15H16ClN3S2. The molecule has 1 aromatic heterocycles. The van der Waals surface area contributed by atoms with E-state index < -0.39 is 0 Å². The number of halogens is 1. The van der Waals surface area contributed by atoms with Gasteiger partial charge in [0.15, 0.2) is 0 Å². The zero-order valence-electron chi connectivity index (χ0n) is 11.6. The number of benzene rings is 1. The molecule has 1 aliphatic heterocycles. The van der Waals surface area contributed by atoms with Gasteiger partial charge in [-0.15, -0.1) is 11.6 Å². The predicted molar refractivity (Wildman–Crippen MR) is 92.4 cm³/mol. The Kier molecular flexibility index (Phi) is 4.99. The summed E-state index contributed by atoms with van der Waals surface area (Å²) in [5.41, 5.74) is 2.71. The highest BCUT2D eigenvalue weighted by molar-refractivity contribution is 8.06. The fourth-order valence-corrected chi connectivity index (χ4v) is 5.39. The van der Waals surface area contributed by atoms with Gasteiger partial charge in [-0.25, -0.2) is 4.98 Å². The van der Waals surface area contributed by atoms with Crippen molar-refractivity contribution < 1.29 is 0 Å². The van der Waals surface area contributed by atoms with E-state index in [-0.39, 0.29) is 0 Å². The number of nitrogens with zero attached hydrogens (tertiary/aromatic N) is 3. The van der Waals surface area contributed by atoms with Crippen molar-refractivity contribution in [3.8, 4) is 6.07 Å². The lowest BCUT2D eigenvalue weighted by Gasteiger charge is -2.22. The molecule has 6 heteroatoms. The molecule has 110 valence electrons. The summed E-state index contributed by atoms with van der Waals surface area (Å²) < 4.78 is 2.27. The van der Waals surface area contributed by atoms with Gasteiger partial charge in [0.25, 0.3) is 0 Å². The maximum Gasteiger partial charge on any atom is 0.111 e. The molecule has 0 radical (unpaired) electrons. The Morgan fingerprint density at radius 3 is 3.05 bits per heavy atom. The molecular weight excluding hydrogens is 322 g/mol. The number of alkyl halides is 1. The fourth-order valence-electron chi connectivity index (χ4n) is 2.57. The van der Waals surface area contributed by atoms with Crippen LogP contribution in [0.3, 0.4) is 0 Å². The van der Waals surface area contributed by atoms with Crippen molar-refractivity contribution in [2.24, 2.45) is 0 Å². The third-order valence-corrected chi connectivity index (χ3v) is 6.56. The predicted octanol–water partition coefficient (Wildman–Crippen LogP) is 3.54. The second-order valence-corrected chi connectivity index (χ2v) is 7.90. The molecule has 1 atom stereocenters. The molecule has 1 fully saturated rings. The van der Waals surface area contributed by atoms with E-state index in [9.17, 15) is 0 Å². The molecule has 0 N–H and O–H groups in total. The lowest BCUT2D eigenvalue weighted by molar-refractivity contribution is 0.674. The molecule has 1 saturated heterocycles. The third-order valence-electron chi connectivity index (χ3n) is 3.55. The molecule has 3 nitrogen and oxygen atoms in total. The summed E-state index contributed by atoms with van der Waals surface area (Å²) in [5.74, 6) is 5.25. The Hall–Kier alpha value is -0.830. The maximum absolute atomic E-state index is 9.11. The molecule has 0 spiro atoms. The summed E-state index contributed by atoms with van der Waals surface area (Å²) in [6.45, 7) is 0.954. The summed E-state index contributed by atoms with van der Waals surface area (Å²) >= 11 is 9.99. The topological polar surface area (TPSA) is 41.6 Å². The van der Waals surface area contributed by atoms with Crippen LogP contribution in [0.15, 0.2) is 18.2 Å². The number of fused-ring (bicyclic) bond motifs is 1. The summed E-state index contributed by atoms with van der Waals surface area (Å²) in [4.78, 5) is 4.70. The largest absolute Gasteiger partial charge is 0.327 e.